The van der Waals surface area contributed by atoms with Gasteiger partial charge >= 0.3 is 4.87 Å². The highest BCUT2D eigenvalue weighted by molar-refractivity contribution is 7.99. The molecule has 3 rings (SSSR count). The number of halogens is 2. The number of thioether (sulfide) groups is 1. The van der Waals surface area contributed by atoms with Crippen LogP contribution in [0.2, 0.25) is 0 Å². The van der Waals surface area contributed by atoms with Crippen LogP contribution in [0.25, 0.3) is 10.2 Å². The largest absolute Gasteiger partial charge is 0.506 e. The Labute approximate surface area is 215 Å². The summed E-state index contributed by atoms with van der Waals surface area (Å²) in [5.41, 5.74) is 2.43. The molecule has 2 atom stereocenters. The first kappa shape index (κ1) is 29.8. The van der Waals surface area contributed by atoms with Crippen molar-refractivity contribution in [2.24, 2.45) is 0 Å². The van der Waals surface area contributed by atoms with Crippen LogP contribution in [-0.2, 0) is 0 Å². The first-order valence-electron chi connectivity index (χ1n) is 10.6. The molecule has 0 unspecified atom stereocenters. The third-order valence-electron chi connectivity index (χ3n) is 5.17. The number of nitrogens with one attached hydrogen (secondary N) is 3. The number of fused-ring (bicyclic) bond motifs is 1. The Morgan fingerprint density at radius 2 is 1.76 bits per heavy atom. The normalized spacial score (nSPS) is 12.7. The highest BCUT2D eigenvalue weighted by Gasteiger charge is 2.15. The van der Waals surface area contributed by atoms with Gasteiger partial charge in [0.15, 0.2) is 0 Å². The zero-order chi connectivity index (χ0) is 22.1. The van der Waals surface area contributed by atoms with Gasteiger partial charge in [-0.2, -0.15) is 11.8 Å². The van der Waals surface area contributed by atoms with E-state index in [4.69, 9.17) is 0 Å². The zero-order valence-corrected chi connectivity index (χ0v) is 21.8. The summed E-state index contributed by atoms with van der Waals surface area (Å²) in [6, 6.07) is 13.8. The molecular formula is C23H33Cl2N3O3S2. The minimum Gasteiger partial charge on any atom is -0.506 e. The Balaban J connectivity index is 0.00000272. The Bertz CT molecular complexity index is 1000. The number of hydrogen-bond acceptors (Lipinski definition) is 7. The molecule has 2 aromatic carbocycles. The molecule has 1 aromatic heterocycles. The number of hydrogen-bond donors (Lipinski definition) is 5. The Kier molecular flexibility index (Phi) is 14.1. The predicted molar refractivity (Wildman–Crippen MR) is 146 cm³/mol. The molecule has 3 aromatic rings. The minimum atomic E-state index is -0.727. The number of rotatable bonds is 13. The number of aromatic nitrogens is 1. The third kappa shape index (κ3) is 9.13. The van der Waals surface area contributed by atoms with Gasteiger partial charge in [0.1, 0.15) is 11.3 Å². The standard InChI is InChI=1S/C23H31N3O3S2.2ClH/c1-16(17-6-3-2-4-7-17)14-24-10-5-12-30-13-11-25-15-20(28)18-8-9-19(27)21-22(18)31-23(29)26-21;;/h2-4,6-9,16,20,24-25,27-28H,5,10-15H2,1H3,(H,26,29);2*1H/t16-,20-;;/m0../s1. The van der Waals surface area contributed by atoms with E-state index in [2.05, 4.69) is 46.8 Å². The fourth-order valence-corrected chi connectivity index (χ4v) is 5.17. The van der Waals surface area contributed by atoms with E-state index in [9.17, 15) is 15.0 Å². The van der Waals surface area contributed by atoms with Gasteiger partial charge in [-0.1, -0.05) is 54.7 Å². The highest BCUT2D eigenvalue weighted by atomic mass is 35.5. The molecule has 0 radical (unpaired) electrons. The van der Waals surface area contributed by atoms with Crippen LogP contribution in [0.4, 0.5) is 0 Å². The highest BCUT2D eigenvalue weighted by Crippen LogP contribution is 2.31. The maximum atomic E-state index is 11.6. The summed E-state index contributed by atoms with van der Waals surface area (Å²) >= 11 is 2.91. The van der Waals surface area contributed by atoms with Crippen molar-refractivity contribution >= 4 is 58.1 Å². The Hall–Kier alpha value is -1.26. The fourth-order valence-electron chi connectivity index (χ4n) is 3.41. The lowest BCUT2D eigenvalue weighted by Crippen LogP contribution is -2.24. The molecule has 0 saturated heterocycles. The van der Waals surface area contributed by atoms with E-state index in [1.807, 2.05) is 17.8 Å². The van der Waals surface area contributed by atoms with E-state index in [-0.39, 0.29) is 35.4 Å². The topological polar surface area (TPSA) is 97.4 Å². The summed E-state index contributed by atoms with van der Waals surface area (Å²) in [4.78, 5) is 14.0. The van der Waals surface area contributed by atoms with E-state index in [1.165, 1.54) is 11.6 Å². The van der Waals surface area contributed by atoms with Crippen molar-refractivity contribution in [3.05, 3.63) is 63.3 Å². The molecule has 10 heteroatoms. The zero-order valence-electron chi connectivity index (χ0n) is 18.6. The van der Waals surface area contributed by atoms with E-state index in [1.54, 1.807) is 6.07 Å². The van der Waals surface area contributed by atoms with Crippen LogP contribution in [0, 0.1) is 0 Å². The van der Waals surface area contributed by atoms with E-state index < -0.39 is 6.10 Å². The van der Waals surface area contributed by atoms with Gasteiger partial charge in [0.25, 0.3) is 0 Å². The van der Waals surface area contributed by atoms with Crippen molar-refractivity contribution < 1.29 is 10.2 Å². The fraction of sp³-hybridized carbons (Fsp3) is 0.435. The second kappa shape index (κ2) is 15.6. The van der Waals surface area contributed by atoms with Crippen LogP contribution in [0.3, 0.4) is 0 Å². The number of aromatic amines is 1. The molecule has 184 valence electrons. The van der Waals surface area contributed by atoms with E-state index >= 15 is 0 Å². The molecule has 0 bridgehead atoms. The molecule has 33 heavy (non-hydrogen) atoms. The van der Waals surface area contributed by atoms with Crippen molar-refractivity contribution in [3.63, 3.8) is 0 Å². The van der Waals surface area contributed by atoms with Crippen LogP contribution < -0.4 is 15.5 Å². The average molecular weight is 535 g/mol. The Morgan fingerprint density at radius 1 is 1.03 bits per heavy atom. The van der Waals surface area contributed by atoms with Crippen molar-refractivity contribution in [1.29, 1.82) is 0 Å². The summed E-state index contributed by atoms with van der Waals surface area (Å²) in [5.74, 6) is 2.63. The smallest absolute Gasteiger partial charge is 0.305 e. The minimum absolute atomic E-state index is 0. The molecular weight excluding hydrogens is 501 g/mol. The molecule has 0 spiro atoms. The van der Waals surface area contributed by atoms with E-state index in [0.29, 0.717) is 28.2 Å². The molecule has 0 saturated carbocycles. The van der Waals surface area contributed by atoms with Crippen molar-refractivity contribution in [3.8, 4) is 5.75 Å². The maximum Gasteiger partial charge on any atom is 0.305 e. The van der Waals surface area contributed by atoms with Crippen LogP contribution in [0.5, 0.6) is 5.75 Å². The van der Waals surface area contributed by atoms with Gasteiger partial charge in [0.05, 0.1) is 10.8 Å². The first-order valence-corrected chi connectivity index (χ1v) is 12.6. The van der Waals surface area contributed by atoms with Crippen LogP contribution in [0.1, 0.15) is 36.5 Å². The number of aromatic hydroxyl groups is 1. The van der Waals surface area contributed by atoms with Crippen LogP contribution >= 0.6 is 47.9 Å². The first-order chi connectivity index (χ1) is 15.1. The lowest BCUT2D eigenvalue weighted by atomic mass is 10.0. The molecule has 0 fully saturated rings. The monoisotopic (exact) mass is 533 g/mol. The Morgan fingerprint density at radius 3 is 2.52 bits per heavy atom. The van der Waals surface area contributed by atoms with Crippen LogP contribution in [0.15, 0.2) is 47.3 Å². The number of benzene rings is 2. The van der Waals surface area contributed by atoms with E-state index in [0.717, 1.165) is 48.9 Å². The number of phenolic OH excluding ortho intramolecular Hbond substituents is 1. The summed E-state index contributed by atoms with van der Waals surface area (Å²) in [5, 5.41) is 27.1. The van der Waals surface area contributed by atoms with Gasteiger partial charge < -0.3 is 25.8 Å². The molecule has 5 N–H and O–H groups in total. The number of aliphatic hydroxyl groups is 1. The third-order valence-corrected chi connectivity index (χ3v) is 7.17. The molecule has 0 aliphatic carbocycles. The van der Waals surface area contributed by atoms with Crippen LogP contribution in [-0.4, -0.2) is 52.9 Å². The second-order valence-electron chi connectivity index (χ2n) is 7.59. The number of phenols is 1. The summed E-state index contributed by atoms with van der Waals surface area (Å²) in [6.45, 7) is 5.48. The summed E-state index contributed by atoms with van der Waals surface area (Å²) < 4.78 is 0.614. The second-order valence-corrected chi connectivity index (χ2v) is 9.80. The van der Waals surface area contributed by atoms with Gasteiger partial charge in [0.2, 0.25) is 0 Å². The number of H-pyrrole nitrogens is 1. The quantitative estimate of drug-likeness (QED) is 0.210. The average Bonchev–Trinajstić information content (AvgIpc) is 3.17. The molecule has 0 aliphatic heterocycles. The number of thiazole rings is 1. The van der Waals surface area contributed by atoms with Crippen molar-refractivity contribution in [2.45, 2.75) is 25.4 Å². The van der Waals surface area contributed by atoms with Gasteiger partial charge in [-0.15, -0.1) is 24.8 Å². The lowest BCUT2D eigenvalue weighted by molar-refractivity contribution is 0.177. The molecule has 1 heterocycles. The van der Waals surface area contributed by atoms with Gasteiger partial charge in [-0.05, 0) is 36.3 Å². The van der Waals surface area contributed by atoms with Crippen molar-refractivity contribution in [2.75, 3.05) is 37.7 Å². The molecule has 0 aliphatic rings. The predicted octanol–water partition coefficient (Wildman–Crippen LogP) is 4.28. The lowest BCUT2D eigenvalue weighted by Gasteiger charge is -2.14. The maximum absolute atomic E-state index is 11.6. The van der Waals surface area contributed by atoms with Gasteiger partial charge in [0, 0.05) is 31.0 Å². The molecule has 0 amide bonds. The summed E-state index contributed by atoms with van der Waals surface area (Å²) in [7, 11) is 0. The SMILES string of the molecule is C[C@@H](CNCCCSCCNC[C@H](O)c1ccc(O)c2[nH]c(=O)sc12)c1ccccc1.Cl.Cl. The van der Waals surface area contributed by atoms with Crippen molar-refractivity contribution in [1.82, 2.24) is 15.6 Å². The van der Waals surface area contributed by atoms with Gasteiger partial charge in [-0.25, -0.2) is 0 Å². The number of aliphatic hydroxyl groups excluding tert-OH is 1. The van der Waals surface area contributed by atoms with Gasteiger partial charge in [-0.3, -0.25) is 4.79 Å². The molecule has 6 nitrogen and oxygen atoms in total. The summed E-state index contributed by atoms with van der Waals surface area (Å²) in [6.07, 6.45) is 0.405.